The lowest BCUT2D eigenvalue weighted by molar-refractivity contribution is 0.605. The van der Waals surface area contributed by atoms with Crippen LogP contribution in [0.5, 0.6) is 0 Å². The molecular weight excluding hydrogens is 282 g/mol. The molecule has 0 heterocycles. The summed E-state index contributed by atoms with van der Waals surface area (Å²) in [5.74, 6) is 0. The molecule has 0 saturated heterocycles. The Kier molecular flexibility index (Phi) is 4.45. The lowest BCUT2D eigenvalue weighted by atomic mass is 10.0. The Labute approximate surface area is 118 Å². The van der Waals surface area contributed by atoms with E-state index < -0.39 is 15.2 Å². The maximum atomic E-state index is 11.5. The van der Waals surface area contributed by atoms with Crippen molar-refractivity contribution < 1.29 is 8.42 Å². The maximum Gasteiger partial charge on any atom is 0.246 e. The molecule has 0 aliphatic heterocycles. The molecule has 2 aromatic carbocycles. The van der Waals surface area contributed by atoms with Crippen molar-refractivity contribution in [1.29, 1.82) is 0 Å². The molecule has 2 aromatic rings. The van der Waals surface area contributed by atoms with Gasteiger partial charge in [0.25, 0.3) is 0 Å². The highest BCUT2D eigenvalue weighted by Gasteiger charge is 2.11. The van der Waals surface area contributed by atoms with Crippen LogP contribution in [0.25, 0.3) is 0 Å². The summed E-state index contributed by atoms with van der Waals surface area (Å²) in [5.41, 5.74) is 2.62. The zero-order chi connectivity index (χ0) is 13.7. The number of para-hydroxylation sites is 1. The van der Waals surface area contributed by atoms with Gasteiger partial charge in [0.05, 0.1) is 5.69 Å². The molecule has 0 atom stereocenters. The van der Waals surface area contributed by atoms with E-state index in [-0.39, 0.29) is 0 Å². The molecule has 0 fully saturated rings. The first-order valence-corrected chi connectivity index (χ1v) is 7.98. The third kappa shape index (κ3) is 3.98. The van der Waals surface area contributed by atoms with E-state index >= 15 is 0 Å². The summed E-state index contributed by atoms with van der Waals surface area (Å²) in [6, 6.07) is 17.2. The second kappa shape index (κ2) is 6.08. The Bertz CT molecular complexity index is 642. The molecule has 0 amide bonds. The van der Waals surface area contributed by atoms with Crippen molar-refractivity contribution in [2.24, 2.45) is 0 Å². The number of benzene rings is 2. The zero-order valence-corrected chi connectivity index (χ0v) is 11.8. The highest BCUT2D eigenvalue weighted by molar-refractivity contribution is 7.93. The lowest BCUT2D eigenvalue weighted by Crippen LogP contribution is -2.14. The monoisotopic (exact) mass is 295 g/mol. The first kappa shape index (κ1) is 13.9. The van der Waals surface area contributed by atoms with Gasteiger partial charge in [-0.2, -0.15) is 0 Å². The summed E-state index contributed by atoms with van der Waals surface area (Å²) in [6.07, 6.45) is 0.668. The third-order valence-electron chi connectivity index (χ3n) is 2.66. The van der Waals surface area contributed by atoms with E-state index in [4.69, 9.17) is 11.6 Å². The fourth-order valence-electron chi connectivity index (χ4n) is 1.78. The van der Waals surface area contributed by atoms with Crippen LogP contribution in [0.4, 0.5) is 5.69 Å². The Morgan fingerprint density at radius 2 is 1.58 bits per heavy atom. The van der Waals surface area contributed by atoms with Crippen LogP contribution in [0, 0.1) is 0 Å². The van der Waals surface area contributed by atoms with Crippen LogP contribution in [0.2, 0.25) is 0 Å². The van der Waals surface area contributed by atoms with E-state index in [0.717, 1.165) is 11.1 Å². The average Bonchev–Trinajstić information content (AvgIpc) is 2.42. The minimum Gasteiger partial charge on any atom is -0.282 e. The standard InChI is InChI=1S/C14H14ClNO2S/c15-11-19(17,18)16-14-9-5-4-8-13(14)10-12-6-2-1-3-7-12/h1-9,16H,10-11H2. The third-order valence-corrected chi connectivity index (χ3v) is 4.34. The average molecular weight is 296 g/mol. The summed E-state index contributed by atoms with van der Waals surface area (Å²) >= 11 is 5.41. The quantitative estimate of drug-likeness (QED) is 0.861. The summed E-state index contributed by atoms with van der Waals surface area (Å²) < 4.78 is 25.6. The molecule has 2 rings (SSSR count). The van der Waals surface area contributed by atoms with Crippen molar-refractivity contribution in [3.63, 3.8) is 0 Å². The van der Waals surface area contributed by atoms with E-state index in [0.29, 0.717) is 12.1 Å². The van der Waals surface area contributed by atoms with Crippen molar-refractivity contribution >= 4 is 27.3 Å². The van der Waals surface area contributed by atoms with Gasteiger partial charge in [0.15, 0.2) is 0 Å². The number of nitrogens with one attached hydrogen (secondary N) is 1. The topological polar surface area (TPSA) is 46.2 Å². The van der Waals surface area contributed by atoms with Crippen LogP contribution in [-0.4, -0.2) is 13.6 Å². The molecule has 100 valence electrons. The number of anilines is 1. The maximum absolute atomic E-state index is 11.5. The van der Waals surface area contributed by atoms with Crippen LogP contribution in [0.3, 0.4) is 0 Å². The number of halogens is 1. The van der Waals surface area contributed by atoms with E-state index in [2.05, 4.69) is 4.72 Å². The Balaban J connectivity index is 2.27. The second-order valence-electron chi connectivity index (χ2n) is 4.15. The minimum absolute atomic E-state index is 0.452. The molecule has 0 spiro atoms. The van der Waals surface area contributed by atoms with Crippen LogP contribution in [0.1, 0.15) is 11.1 Å². The molecule has 3 nitrogen and oxygen atoms in total. The van der Waals surface area contributed by atoms with Gasteiger partial charge in [-0.05, 0) is 23.6 Å². The molecule has 0 aliphatic carbocycles. The summed E-state index contributed by atoms with van der Waals surface area (Å²) in [7, 11) is -3.47. The van der Waals surface area contributed by atoms with Crippen LogP contribution in [0.15, 0.2) is 54.6 Å². The van der Waals surface area contributed by atoms with Crippen molar-refractivity contribution in [2.45, 2.75) is 6.42 Å². The number of alkyl halides is 1. The van der Waals surface area contributed by atoms with Crippen molar-refractivity contribution in [3.05, 3.63) is 65.7 Å². The second-order valence-corrected chi connectivity index (χ2v) is 6.45. The van der Waals surface area contributed by atoms with Gasteiger partial charge in [-0.25, -0.2) is 8.42 Å². The molecular formula is C14H14ClNO2S. The molecule has 0 saturated carbocycles. The SMILES string of the molecule is O=S(=O)(CCl)Nc1ccccc1Cc1ccccc1. The van der Waals surface area contributed by atoms with Gasteiger partial charge in [0, 0.05) is 0 Å². The van der Waals surface area contributed by atoms with Crippen LogP contribution >= 0.6 is 11.6 Å². The lowest BCUT2D eigenvalue weighted by Gasteiger charge is -2.11. The van der Waals surface area contributed by atoms with Gasteiger partial charge >= 0.3 is 0 Å². The van der Waals surface area contributed by atoms with Gasteiger partial charge in [0.1, 0.15) is 5.21 Å². The summed E-state index contributed by atoms with van der Waals surface area (Å²) in [4.78, 5) is 0. The molecule has 0 radical (unpaired) electrons. The molecule has 0 unspecified atom stereocenters. The molecule has 1 N–H and O–H groups in total. The van der Waals surface area contributed by atoms with E-state index in [1.54, 1.807) is 12.1 Å². The predicted octanol–water partition coefficient (Wildman–Crippen LogP) is 3.22. The van der Waals surface area contributed by atoms with Crippen molar-refractivity contribution in [1.82, 2.24) is 0 Å². The van der Waals surface area contributed by atoms with Gasteiger partial charge in [-0.3, -0.25) is 4.72 Å². The largest absolute Gasteiger partial charge is 0.282 e. The molecule has 5 heteroatoms. The first-order chi connectivity index (χ1) is 9.11. The van der Waals surface area contributed by atoms with Crippen LogP contribution in [-0.2, 0) is 16.4 Å². The van der Waals surface area contributed by atoms with Crippen LogP contribution < -0.4 is 4.72 Å². The van der Waals surface area contributed by atoms with Crippen molar-refractivity contribution in [3.8, 4) is 0 Å². The Morgan fingerprint density at radius 3 is 2.26 bits per heavy atom. The van der Waals surface area contributed by atoms with Gasteiger partial charge in [-0.15, -0.1) is 11.6 Å². The number of hydrogen-bond acceptors (Lipinski definition) is 2. The van der Waals surface area contributed by atoms with E-state index in [1.807, 2.05) is 42.5 Å². The normalized spacial score (nSPS) is 11.2. The predicted molar refractivity (Wildman–Crippen MR) is 79.0 cm³/mol. The summed E-state index contributed by atoms with van der Waals surface area (Å²) in [6.45, 7) is 0. The Hall–Kier alpha value is -1.52. The minimum atomic E-state index is -3.47. The van der Waals surface area contributed by atoms with E-state index in [1.165, 1.54) is 0 Å². The van der Waals surface area contributed by atoms with Gasteiger partial charge in [0.2, 0.25) is 10.0 Å². The van der Waals surface area contributed by atoms with Crippen molar-refractivity contribution in [2.75, 3.05) is 9.93 Å². The highest BCUT2D eigenvalue weighted by Crippen LogP contribution is 2.20. The molecule has 0 bridgehead atoms. The Morgan fingerprint density at radius 1 is 0.947 bits per heavy atom. The summed E-state index contributed by atoms with van der Waals surface area (Å²) in [5, 5.41) is -0.452. The fourth-order valence-corrected chi connectivity index (χ4v) is 2.54. The number of sulfonamides is 1. The van der Waals surface area contributed by atoms with Gasteiger partial charge < -0.3 is 0 Å². The first-order valence-electron chi connectivity index (χ1n) is 5.79. The number of rotatable bonds is 5. The smallest absolute Gasteiger partial charge is 0.246 e. The zero-order valence-electron chi connectivity index (χ0n) is 10.2. The molecule has 19 heavy (non-hydrogen) atoms. The van der Waals surface area contributed by atoms with Gasteiger partial charge in [-0.1, -0.05) is 48.5 Å². The molecule has 0 aliphatic rings. The molecule has 0 aromatic heterocycles. The fraction of sp³-hybridized carbons (Fsp3) is 0.143. The van der Waals surface area contributed by atoms with E-state index in [9.17, 15) is 8.42 Å². The highest BCUT2D eigenvalue weighted by atomic mass is 35.5. The number of hydrogen-bond donors (Lipinski definition) is 1.